The highest BCUT2D eigenvalue weighted by atomic mass is 16.2. The Kier molecular flexibility index (Phi) is 9.37. The van der Waals surface area contributed by atoms with E-state index in [1.54, 1.807) is 4.90 Å². The van der Waals surface area contributed by atoms with Gasteiger partial charge in [-0.2, -0.15) is 0 Å². The summed E-state index contributed by atoms with van der Waals surface area (Å²) in [4.78, 5) is 68.4. The summed E-state index contributed by atoms with van der Waals surface area (Å²) in [6, 6.07) is 4.94. The molecule has 3 unspecified atom stereocenters. The Labute approximate surface area is 254 Å². The largest absolute Gasteiger partial charge is 0.346 e. The van der Waals surface area contributed by atoms with Crippen molar-refractivity contribution in [2.45, 2.75) is 90.9 Å². The number of amides is 5. The molecule has 5 atom stereocenters. The van der Waals surface area contributed by atoms with Crippen LogP contribution in [-0.4, -0.2) is 71.2 Å². The first-order chi connectivity index (χ1) is 20.2. The van der Waals surface area contributed by atoms with Crippen LogP contribution in [0.1, 0.15) is 65.5 Å². The van der Waals surface area contributed by atoms with E-state index < -0.39 is 47.3 Å². The molecule has 0 radical (unpaired) electrons. The van der Waals surface area contributed by atoms with Gasteiger partial charge in [0.2, 0.25) is 17.6 Å². The number of fused-ring (bicyclic) bond motifs is 2. The molecule has 10 heteroatoms. The average Bonchev–Trinajstić information content (AvgIpc) is 3.30. The quantitative estimate of drug-likeness (QED) is 0.231. The molecule has 0 aromatic heterocycles. The zero-order chi connectivity index (χ0) is 31.7. The molecule has 2 aliphatic carbocycles. The van der Waals surface area contributed by atoms with Crippen molar-refractivity contribution in [3.8, 4) is 0 Å². The molecule has 3 aliphatic rings. The Morgan fingerprint density at radius 2 is 1.70 bits per heavy atom. The standard InChI is InChI=1S/C33H47N5O5/c1-8-12-23(27(39)29(41)34-15-9-2)35-28(40)26-24-22(33(24,6)7)18-38(26)30(42)25(36-31(43)37-32(3,4)5)21-16-19-13-10-11-14-20(19)17-21/h9-11,13-14,21-26H,2,8,12,15-18H2,1,3-7H3,(H,34,41)(H,35,40)(H2,36,37,43)/t22?,23?,24?,25-,26-/m0/s1. The third kappa shape index (κ3) is 6.94. The van der Waals surface area contributed by atoms with Crippen LogP contribution in [0.25, 0.3) is 0 Å². The van der Waals surface area contributed by atoms with E-state index in [-0.39, 0.29) is 35.6 Å². The molecule has 1 aliphatic heterocycles. The van der Waals surface area contributed by atoms with Crippen LogP contribution in [0.3, 0.4) is 0 Å². The molecule has 5 amide bonds. The lowest BCUT2D eigenvalue weighted by Crippen LogP contribution is -2.61. The Balaban J connectivity index is 1.59. The Morgan fingerprint density at radius 1 is 1.07 bits per heavy atom. The number of likely N-dealkylation sites (tertiary alicyclic amines) is 1. The van der Waals surface area contributed by atoms with Gasteiger partial charge in [-0.05, 0) is 74.3 Å². The van der Waals surface area contributed by atoms with Gasteiger partial charge in [0, 0.05) is 18.6 Å². The molecule has 1 heterocycles. The van der Waals surface area contributed by atoms with Gasteiger partial charge in [0.1, 0.15) is 12.1 Å². The number of carbonyl (C=O) groups is 5. The second kappa shape index (κ2) is 12.5. The van der Waals surface area contributed by atoms with E-state index in [9.17, 15) is 24.0 Å². The van der Waals surface area contributed by atoms with Gasteiger partial charge in [-0.25, -0.2) is 4.79 Å². The van der Waals surface area contributed by atoms with Crippen LogP contribution in [0.15, 0.2) is 36.9 Å². The van der Waals surface area contributed by atoms with Gasteiger partial charge >= 0.3 is 6.03 Å². The molecule has 234 valence electrons. The summed E-state index contributed by atoms with van der Waals surface area (Å²) >= 11 is 0. The number of hydrogen-bond acceptors (Lipinski definition) is 5. The summed E-state index contributed by atoms with van der Waals surface area (Å²) in [6.45, 7) is 15.7. The average molecular weight is 594 g/mol. The van der Waals surface area contributed by atoms with Crippen molar-refractivity contribution in [1.82, 2.24) is 26.2 Å². The number of hydrogen-bond donors (Lipinski definition) is 4. The number of piperidine rings is 1. The number of urea groups is 1. The van der Waals surface area contributed by atoms with Crippen molar-refractivity contribution in [3.05, 3.63) is 48.0 Å². The summed E-state index contributed by atoms with van der Waals surface area (Å²) in [6.07, 6.45) is 3.62. The number of nitrogens with zero attached hydrogens (tertiary/aromatic N) is 1. The van der Waals surface area contributed by atoms with Crippen LogP contribution in [0.5, 0.6) is 0 Å². The normalized spacial score (nSPS) is 23.3. The van der Waals surface area contributed by atoms with Gasteiger partial charge in [0.05, 0.1) is 6.04 Å². The first-order valence-electron chi connectivity index (χ1n) is 15.4. The molecule has 10 nitrogen and oxygen atoms in total. The van der Waals surface area contributed by atoms with Gasteiger partial charge in [0.25, 0.3) is 5.91 Å². The van der Waals surface area contributed by atoms with Crippen LogP contribution in [0, 0.1) is 23.2 Å². The van der Waals surface area contributed by atoms with E-state index in [4.69, 9.17) is 0 Å². The van der Waals surface area contributed by atoms with E-state index >= 15 is 0 Å². The summed E-state index contributed by atoms with van der Waals surface area (Å²) < 4.78 is 0. The second-order valence-electron chi connectivity index (χ2n) is 13.9. The molecule has 1 saturated heterocycles. The molecule has 1 aromatic carbocycles. The predicted molar refractivity (Wildman–Crippen MR) is 164 cm³/mol. The van der Waals surface area contributed by atoms with Crippen LogP contribution in [0.4, 0.5) is 4.79 Å². The summed E-state index contributed by atoms with van der Waals surface area (Å²) in [5.74, 6) is -2.39. The molecular formula is C33H47N5O5. The van der Waals surface area contributed by atoms with Crippen molar-refractivity contribution < 1.29 is 24.0 Å². The molecule has 43 heavy (non-hydrogen) atoms. The summed E-state index contributed by atoms with van der Waals surface area (Å²) in [5, 5.41) is 11.2. The minimum atomic E-state index is -1.00. The second-order valence-corrected chi connectivity index (χ2v) is 13.9. The molecule has 0 bridgehead atoms. The highest BCUT2D eigenvalue weighted by molar-refractivity contribution is 6.38. The number of benzene rings is 1. The van der Waals surface area contributed by atoms with Crippen molar-refractivity contribution in [3.63, 3.8) is 0 Å². The molecule has 4 rings (SSSR count). The third-order valence-corrected chi connectivity index (χ3v) is 9.20. The van der Waals surface area contributed by atoms with Crippen LogP contribution >= 0.6 is 0 Å². The summed E-state index contributed by atoms with van der Waals surface area (Å²) in [5.41, 5.74) is 1.65. The van der Waals surface area contributed by atoms with Gasteiger partial charge in [-0.3, -0.25) is 19.2 Å². The van der Waals surface area contributed by atoms with E-state index in [0.29, 0.717) is 32.2 Å². The number of rotatable bonds is 11. The van der Waals surface area contributed by atoms with E-state index in [2.05, 4.69) is 41.7 Å². The maximum absolute atomic E-state index is 14.4. The first kappa shape index (κ1) is 32.2. The minimum absolute atomic E-state index is 0.0896. The van der Waals surface area contributed by atoms with E-state index in [1.165, 1.54) is 6.08 Å². The lowest BCUT2D eigenvalue weighted by Gasteiger charge is -2.35. The van der Waals surface area contributed by atoms with Gasteiger partial charge in [0.15, 0.2) is 0 Å². The fourth-order valence-corrected chi connectivity index (χ4v) is 6.94. The Morgan fingerprint density at radius 3 is 2.26 bits per heavy atom. The fraction of sp³-hybridized carbons (Fsp3) is 0.606. The first-order valence-corrected chi connectivity index (χ1v) is 15.4. The number of nitrogens with one attached hydrogen (secondary N) is 4. The highest BCUT2D eigenvalue weighted by Gasteiger charge is 2.69. The fourth-order valence-electron chi connectivity index (χ4n) is 6.94. The minimum Gasteiger partial charge on any atom is -0.346 e. The topological polar surface area (TPSA) is 137 Å². The smallest absolute Gasteiger partial charge is 0.315 e. The lowest BCUT2D eigenvalue weighted by atomic mass is 9.93. The van der Waals surface area contributed by atoms with Crippen LogP contribution in [-0.2, 0) is 32.0 Å². The van der Waals surface area contributed by atoms with Crippen molar-refractivity contribution in [2.75, 3.05) is 13.1 Å². The Hall–Kier alpha value is -3.69. The van der Waals surface area contributed by atoms with E-state index in [1.807, 2.05) is 52.0 Å². The lowest BCUT2D eigenvalue weighted by molar-refractivity contribution is -0.144. The van der Waals surface area contributed by atoms with Gasteiger partial charge in [-0.15, -0.1) is 6.58 Å². The zero-order valence-electron chi connectivity index (χ0n) is 26.3. The number of ketones is 1. The maximum atomic E-state index is 14.4. The third-order valence-electron chi connectivity index (χ3n) is 9.20. The van der Waals surface area contributed by atoms with Gasteiger partial charge in [-0.1, -0.05) is 57.5 Å². The molecular weight excluding hydrogens is 546 g/mol. The van der Waals surface area contributed by atoms with Crippen LogP contribution < -0.4 is 21.3 Å². The number of Topliss-reactive ketones (excluding diaryl/α,β-unsaturated/α-hetero) is 1. The molecule has 2 fully saturated rings. The monoisotopic (exact) mass is 593 g/mol. The predicted octanol–water partition coefficient (Wildman–Crippen LogP) is 2.51. The SMILES string of the molecule is C=CCNC(=O)C(=O)C(CCC)NC(=O)[C@@H]1C2C(CN1C(=O)[C@@H](NC(=O)NC(C)(C)C)C1Cc3ccccc3C1)C2(C)C. The van der Waals surface area contributed by atoms with Crippen molar-refractivity contribution in [1.29, 1.82) is 0 Å². The maximum Gasteiger partial charge on any atom is 0.315 e. The molecule has 4 N–H and O–H groups in total. The van der Waals surface area contributed by atoms with Crippen LogP contribution in [0.2, 0.25) is 0 Å². The van der Waals surface area contributed by atoms with Gasteiger partial charge < -0.3 is 26.2 Å². The molecule has 0 spiro atoms. The zero-order valence-corrected chi connectivity index (χ0v) is 26.3. The van der Waals surface area contributed by atoms with Crippen molar-refractivity contribution in [2.24, 2.45) is 23.2 Å². The number of carbonyl (C=O) groups excluding carboxylic acids is 5. The Bertz CT molecular complexity index is 1260. The molecule has 1 aromatic rings. The van der Waals surface area contributed by atoms with Crippen molar-refractivity contribution >= 4 is 29.5 Å². The highest BCUT2D eigenvalue weighted by Crippen LogP contribution is 2.65. The molecule has 1 saturated carbocycles. The van der Waals surface area contributed by atoms with E-state index in [0.717, 1.165) is 11.1 Å². The summed E-state index contributed by atoms with van der Waals surface area (Å²) in [7, 11) is 0.